The van der Waals surface area contributed by atoms with Crippen molar-refractivity contribution in [1.82, 2.24) is 9.21 Å². The largest absolute Gasteiger partial charge is 0.497 e. The number of piperazine rings is 1. The summed E-state index contributed by atoms with van der Waals surface area (Å²) in [4.78, 5) is 13.9. The standard InChI is InChI=1S/C15H21N3O4S/c1-22-13-4-2-12(3-5-13)16-15(19)17-8-10-18(11-9-17)23(20,21)14-6-7-14/h2-5,14H,6-11H2,1H3,(H,16,19). The summed E-state index contributed by atoms with van der Waals surface area (Å²) in [5.74, 6) is 0.724. The van der Waals surface area contributed by atoms with Gasteiger partial charge in [-0.05, 0) is 37.1 Å². The van der Waals surface area contributed by atoms with Crippen LogP contribution in [0.2, 0.25) is 0 Å². The van der Waals surface area contributed by atoms with Gasteiger partial charge in [0.1, 0.15) is 5.75 Å². The van der Waals surface area contributed by atoms with Crippen LogP contribution in [-0.4, -0.2) is 62.2 Å². The highest BCUT2D eigenvalue weighted by molar-refractivity contribution is 7.90. The molecule has 1 aromatic carbocycles. The van der Waals surface area contributed by atoms with Gasteiger partial charge in [-0.15, -0.1) is 0 Å². The maximum atomic E-state index is 12.2. The van der Waals surface area contributed by atoms with Gasteiger partial charge in [0, 0.05) is 31.9 Å². The van der Waals surface area contributed by atoms with Gasteiger partial charge in [-0.2, -0.15) is 4.31 Å². The van der Waals surface area contributed by atoms with Crippen LogP contribution in [-0.2, 0) is 10.0 Å². The zero-order valence-electron chi connectivity index (χ0n) is 13.1. The summed E-state index contributed by atoms with van der Waals surface area (Å²) in [6, 6.07) is 6.87. The number of anilines is 1. The smallest absolute Gasteiger partial charge is 0.321 e. The number of carbonyl (C=O) groups is 1. The van der Waals surface area contributed by atoms with Crippen LogP contribution in [0.15, 0.2) is 24.3 Å². The highest BCUT2D eigenvalue weighted by atomic mass is 32.2. The highest BCUT2D eigenvalue weighted by Gasteiger charge is 2.41. The molecule has 2 aliphatic rings. The molecule has 1 heterocycles. The molecule has 0 unspecified atom stereocenters. The fraction of sp³-hybridized carbons (Fsp3) is 0.533. The molecule has 0 bridgehead atoms. The lowest BCUT2D eigenvalue weighted by Crippen LogP contribution is -2.52. The van der Waals surface area contributed by atoms with Crippen molar-refractivity contribution in [3.63, 3.8) is 0 Å². The van der Waals surface area contributed by atoms with E-state index in [9.17, 15) is 13.2 Å². The molecular weight excluding hydrogens is 318 g/mol. The van der Waals surface area contributed by atoms with Crippen LogP contribution in [0.5, 0.6) is 5.75 Å². The number of ether oxygens (including phenoxy) is 1. The van der Waals surface area contributed by atoms with Crippen LogP contribution in [0.1, 0.15) is 12.8 Å². The number of sulfonamides is 1. The van der Waals surface area contributed by atoms with Gasteiger partial charge in [0.2, 0.25) is 10.0 Å². The molecule has 8 heteroatoms. The van der Waals surface area contributed by atoms with E-state index in [4.69, 9.17) is 4.74 Å². The Morgan fingerprint density at radius 1 is 1.13 bits per heavy atom. The van der Waals surface area contributed by atoms with Crippen LogP contribution in [0.3, 0.4) is 0 Å². The molecule has 0 spiro atoms. The Morgan fingerprint density at radius 2 is 1.74 bits per heavy atom. The van der Waals surface area contributed by atoms with Gasteiger partial charge in [0.25, 0.3) is 0 Å². The second kappa shape index (κ2) is 6.37. The Kier molecular flexibility index (Phi) is 4.45. The van der Waals surface area contributed by atoms with Gasteiger partial charge in [0.05, 0.1) is 12.4 Å². The first kappa shape index (κ1) is 16.1. The molecule has 0 atom stereocenters. The van der Waals surface area contributed by atoms with E-state index in [1.807, 2.05) is 0 Å². The molecule has 2 fully saturated rings. The van der Waals surface area contributed by atoms with Gasteiger partial charge in [-0.1, -0.05) is 0 Å². The number of nitrogens with one attached hydrogen (secondary N) is 1. The van der Waals surface area contributed by atoms with E-state index in [-0.39, 0.29) is 11.3 Å². The number of nitrogens with zero attached hydrogens (tertiary/aromatic N) is 2. The van der Waals surface area contributed by atoms with Crippen molar-refractivity contribution in [2.45, 2.75) is 18.1 Å². The Bertz CT molecular complexity index is 662. The molecule has 1 saturated carbocycles. The monoisotopic (exact) mass is 339 g/mol. The number of carbonyl (C=O) groups excluding carboxylic acids is 1. The summed E-state index contributed by atoms with van der Waals surface area (Å²) < 4.78 is 30.9. The molecule has 1 saturated heterocycles. The number of urea groups is 1. The van der Waals surface area contributed by atoms with Crippen molar-refractivity contribution < 1.29 is 17.9 Å². The topological polar surface area (TPSA) is 79.0 Å². The quantitative estimate of drug-likeness (QED) is 0.898. The van der Waals surface area contributed by atoms with E-state index in [2.05, 4.69) is 5.32 Å². The third-order valence-electron chi connectivity index (χ3n) is 4.17. The first-order valence-electron chi connectivity index (χ1n) is 7.69. The number of amides is 2. The van der Waals surface area contributed by atoms with Crippen molar-refractivity contribution in [1.29, 1.82) is 0 Å². The molecule has 0 aromatic heterocycles. The molecule has 3 rings (SSSR count). The zero-order valence-corrected chi connectivity index (χ0v) is 13.9. The lowest BCUT2D eigenvalue weighted by Gasteiger charge is -2.34. The Balaban J connectivity index is 1.53. The van der Waals surface area contributed by atoms with E-state index in [0.717, 1.165) is 18.6 Å². The third-order valence-corrected chi connectivity index (χ3v) is 6.57. The van der Waals surface area contributed by atoms with E-state index < -0.39 is 10.0 Å². The molecule has 126 valence electrons. The summed E-state index contributed by atoms with van der Waals surface area (Å²) >= 11 is 0. The molecule has 0 radical (unpaired) electrons. The van der Waals surface area contributed by atoms with Crippen LogP contribution < -0.4 is 10.1 Å². The maximum absolute atomic E-state index is 12.2. The van der Waals surface area contributed by atoms with Crippen molar-refractivity contribution in [2.75, 3.05) is 38.6 Å². The number of methoxy groups -OCH3 is 1. The SMILES string of the molecule is COc1ccc(NC(=O)N2CCN(S(=O)(=O)C3CC3)CC2)cc1. The molecule has 7 nitrogen and oxygen atoms in total. The van der Waals surface area contributed by atoms with Crippen molar-refractivity contribution in [3.8, 4) is 5.75 Å². The summed E-state index contributed by atoms with van der Waals surface area (Å²) in [5.41, 5.74) is 0.684. The van der Waals surface area contributed by atoms with E-state index >= 15 is 0 Å². The lowest BCUT2D eigenvalue weighted by atomic mass is 10.3. The number of hydrogen-bond acceptors (Lipinski definition) is 4. The summed E-state index contributed by atoms with van der Waals surface area (Å²) in [7, 11) is -1.56. The number of hydrogen-bond donors (Lipinski definition) is 1. The Morgan fingerprint density at radius 3 is 2.26 bits per heavy atom. The normalized spacial score (nSPS) is 19.4. The average Bonchev–Trinajstić information content (AvgIpc) is 3.41. The van der Waals surface area contributed by atoms with Crippen LogP contribution in [0.25, 0.3) is 0 Å². The summed E-state index contributed by atoms with van der Waals surface area (Å²) in [6.07, 6.45) is 1.53. The molecule has 2 amide bonds. The van der Waals surface area contributed by atoms with Gasteiger partial charge in [-0.3, -0.25) is 0 Å². The van der Waals surface area contributed by atoms with Gasteiger partial charge in [0.15, 0.2) is 0 Å². The fourth-order valence-electron chi connectivity index (χ4n) is 2.60. The number of benzene rings is 1. The molecule has 1 aliphatic heterocycles. The lowest BCUT2D eigenvalue weighted by molar-refractivity contribution is 0.184. The highest BCUT2D eigenvalue weighted by Crippen LogP contribution is 2.31. The van der Waals surface area contributed by atoms with Crippen LogP contribution >= 0.6 is 0 Å². The summed E-state index contributed by atoms with van der Waals surface area (Å²) in [6.45, 7) is 1.56. The van der Waals surface area contributed by atoms with Crippen molar-refractivity contribution in [2.24, 2.45) is 0 Å². The van der Waals surface area contributed by atoms with Crippen LogP contribution in [0, 0.1) is 0 Å². The molecular formula is C15H21N3O4S. The second-order valence-electron chi connectivity index (χ2n) is 5.79. The molecule has 1 N–H and O–H groups in total. The predicted octanol–water partition coefficient (Wildman–Crippen LogP) is 1.34. The van der Waals surface area contributed by atoms with E-state index in [1.165, 1.54) is 4.31 Å². The van der Waals surface area contributed by atoms with E-state index in [1.54, 1.807) is 36.3 Å². The van der Waals surface area contributed by atoms with Gasteiger partial charge < -0.3 is 15.0 Å². The second-order valence-corrected chi connectivity index (χ2v) is 8.00. The fourth-order valence-corrected chi connectivity index (χ4v) is 4.42. The average molecular weight is 339 g/mol. The molecule has 23 heavy (non-hydrogen) atoms. The minimum absolute atomic E-state index is 0.192. The predicted molar refractivity (Wildman–Crippen MR) is 87.1 cm³/mol. The molecule has 1 aliphatic carbocycles. The maximum Gasteiger partial charge on any atom is 0.321 e. The minimum Gasteiger partial charge on any atom is -0.497 e. The van der Waals surface area contributed by atoms with Crippen molar-refractivity contribution in [3.05, 3.63) is 24.3 Å². The first-order valence-corrected chi connectivity index (χ1v) is 9.20. The number of rotatable bonds is 4. The first-order chi connectivity index (χ1) is 11.0. The van der Waals surface area contributed by atoms with E-state index in [0.29, 0.717) is 31.9 Å². The molecule has 1 aromatic rings. The van der Waals surface area contributed by atoms with Gasteiger partial charge >= 0.3 is 6.03 Å². The third kappa shape index (κ3) is 3.59. The Hall–Kier alpha value is -1.80. The van der Waals surface area contributed by atoms with Crippen LogP contribution in [0.4, 0.5) is 10.5 Å². The minimum atomic E-state index is -3.14. The Labute approximate surface area is 136 Å². The zero-order chi connectivity index (χ0) is 16.4. The summed E-state index contributed by atoms with van der Waals surface area (Å²) in [5, 5.41) is 2.62. The van der Waals surface area contributed by atoms with Crippen molar-refractivity contribution >= 4 is 21.7 Å². The van der Waals surface area contributed by atoms with Gasteiger partial charge in [-0.25, -0.2) is 13.2 Å².